The van der Waals surface area contributed by atoms with Gasteiger partial charge in [0.2, 0.25) is 0 Å². The summed E-state index contributed by atoms with van der Waals surface area (Å²) in [4.78, 5) is 13.8. The fourth-order valence-corrected chi connectivity index (χ4v) is 3.08. The van der Waals surface area contributed by atoms with Gasteiger partial charge in [0.05, 0.1) is 0 Å². The zero-order valence-electron chi connectivity index (χ0n) is 12.5. The fourth-order valence-electron chi connectivity index (χ4n) is 3.08. The van der Waals surface area contributed by atoms with Gasteiger partial charge >= 0.3 is 5.69 Å². The van der Waals surface area contributed by atoms with Crippen molar-refractivity contribution in [3.05, 3.63) is 22.6 Å². The minimum atomic E-state index is -0.289. The molecule has 2 aromatic heterocycles. The maximum absolute atomic E-state index is 11.6. The molecule has 3 heterocycles. The lowest BCUT2D eigenvalue weighted by Crippen LogP contribution is -2.42. The highest BCUT2D eigenvalue weighted by molar-refractivity contribution is 5.45. The van der Waals surface area contributed by atoms with E-state index >= 15 is 0 Å². The molecular weight excluding hydrogens is 268 g/mol. The second-order valence-corrected chi connectivity index (χ2v) is 5.66. The predicted molar refractivity (Wildman–Crippen MR) is 81.7 cm³/mol. The number of nitrogens with zero attached hydrogens (tertiary/aromatic N) is 4. The molecule has 0 saturated carbocycles. The number of piperidine rings is 1. The third kappa shape index (κ3) is 2.78. The molecule has 7 heteroatoms. The maximum Gasteiger partial charge on any atom is 0.364 e. The van der Waals surface area contributed by atoms with Crippen LogP contribution in [0.3, 0.4) is 0 Å². The van der Waals surface area contributed by atoms with Crippen molar-refractivity contribution < 1.29 is 0 Å². The van der Waals surface area contributed by atoms with E-state index in [1.165, 1.54) is 4.52 Å². The smallest absolute Gasteiger partial charge is 0.355 e. The van der Waals surface area contributed by atoms with Gasteiger partial charge in [-0.05, 0) is 44.4 Å². The Labute approximate surface area is 123 Å². The summed E-state index contributed by atoms with van der Waals surface area (Å²) < 4.78 is 1.32. The van der Waals surface area contributed by atoms with Gasteiger partial charge in [0.15, 0.2) is 5.65 Å². The number of nitrogens with one attached hydrogen (secondary N) is 2. The van der Waals surface area contributed by atoms with Gasteiger partial charge in [0.1, 0.15) is 5.82 Å². The Morgan fingerprint density at radius 3 is 2.90 bits per heavy atom. The number of aromatic amines is 1. The molecule has 0 aliphatic carbocycles. The molecule has 1 atom stereocenters. The molecule has 114 valence electrons. The Hall–Kier alpha value is -1.89. The summed E-state index contributed by atoms with van der Waals surface area (Å²) in [6.45, 7) is 7.38. The van der Waals surface area contributed by atoms with E-state index in [1.807, 2.05) is 12.1 Å². The van der Waals surface area contributed by atoms with Gasteiger partial charge in [-0.15, -0.1) is 5.10 Å². The Morgan fingerprint density at radius 1 is 1.43 bits per heavy atom. The van der Waals surface area contributed by atoms with E-state index in [1.54, 1.807) is 0 Å². The van der Waals surface area contributed by atoms with Crippen molar-refractivity contribution in [2.24, 2.45) is 5.92 Å². The molecule has 1 aliphatic rings. The predicted octanol–water partition coefficient (Wildman–Crippen LogP) is 0.632. The highest BCUT2D eigenvalue weighted by Gasteiger charge is 2.24. The summed E-state index contributed by atoms with van der Waals surface area (Å²) in [6, 6.07) is 4.32. The monoisotopic (exact) mass is 290 g/mol. The topological polar surface area (TPSA) is 78.3 Å². The minimum Gasteiger partial charge on any atom is -0.355 e. The van der Waals surface area contributed by atoms with Gasteiger partial charge in [-0.25, -0.2) is 9.89 Å². The zero-order valence-corrected chi connectivity index (χ0v) is 12.5. The van der Waals surface area contributed by atoms with E-state index in [4.69, 9.17) is 0 Å². The summed E-state index contributed by atoms with van der Waals surface area (Å²) in [7, 11) is 0. The van der Waals surface area contributed by atoms with Crippen molar-refractivity contribution in [1.29, 1.82) is 0 Å². The third-order valence-corrected chi connectivity index (χ3v) is 4.36. The summed E-state index contributed by atoms with van der Waals surface area (Å²) in [6.07, 6.45) is 2.29. The SMILES string of the molecule is CCNC(C)C1CCN(c2ccc3n[nH]c(=O)n3n2)CC1. The Bertz CT molecular complexity index is 655. The van der Waals surface area contributed by atoms with Crippen LogP contribution in [-0.2, 0) is 0 Å². The number of aromatic nitrogens is 4. The lowest BCUT2D eigenvalue weighted by Gasteiger charge is -2.35. The molecule has 0 amide bonds. The molecule has 1 unspecified atom stereocenters. The van der Waals surface area contributed by atoms with Gasteiger partial charge in [0, 0.05) is 19.1 Å². The van der Waals surface area contributed by atoms with Gasteiger partial charge in [-0.2, -0.15) is 9.61 Å². The molecule has 1 fully saturated rings. The van der Waals surface area contributed by atoms with Crippen LogP contribution in [-0.4, -0.2) is 45.5 Å². The molecule has 0 bridgehead atoms. The van der Waals surface area contributed by atoms with Gasteiger partial charge < -0.3 is 10.2 Å². The molecule has 3 rings (SSSR count). The molecule has 0 spiro atoms. The highest BCUT2D eigenvalue weighted by Crippen LogP contribution is 2.23. The quantitative estimate of drug-likeness (QED) is 0.863. The van der Waals surface area contributed by atoms with Crippen molar-refractivity contribution >= 4 is 11.5 Å². The largest absolute Gasteiger partial charge is 0.364 e. The second-order valence-electron chi connectivity index (χ2n) is 5.66. The zero-order chi connectivity index (χ0) is 14.8. The van der Waals surface area contributed by atoms with Crippen LogP contribution in [0.25, 0.3) is 5.65 Å². The lowest BCUT2D eigenvalue weighted by atomic mass is 9.90. The first-order chi connectivity index (χ1) is 10.2. The molecule has 0 aromatic carbocycles. The van der Waals surface area contributed by atoms with Crippen LogP contribution >= 0.6 is 0 Å². The van der Waals surface area contributed by atoms with Crippen molar-refractivity contribution in [2.75, 3.05) is 24.5 Å². The molecule has 0 radical (unpaired) electrons. The number of rotatable bonds is 4. The molecule has 1 saturated heterocycles. The van der Waals surface area contributed by atoms with Gasteiger partial charge in [-0.3, -0.25) is 0 Å². The van der Waals surface area contributed by atoms with Crippen LogP contribution in [0.4, 0.5) is 5.82 Å². The van der Waals surface area contributed by atoms with Crippen molar-refractivity contribution in [2.45, 2.75) is 32.7 Å². The van der Waals surface area contributed by atoms with Crippen molar-refractivity contribution in [3.63, 3.8) is 0 Å². The molecule has 21 heavy (non-hydrogen) atoms. The Morgan fingerprint density at radius 2 is 2.19 bits per heavy atom. The summed E-state index contributed by atoms with van der Waals surface area (Å²) in [5, 5.41) is 14.2. The fraction of sp³-hybridized carbons (Fsp3) is 0.643. The van der Waals surface area contributed by atoms with E-state index in [2.05, 4.69) is 39.4 Å². The number of hydrogen-bond acceptors (Lipinski definition) is 5. The number of hydrogen-bond donors (Lipinski definition) is 2. The average Bonchev–Trinajstić information content (AvgIpc) is 2.89. The standard InChI is InChI=1S/C14H22N6O/c1-3-15-10(2)11-6-8-19(9-7-11)13-5-4-12-16-17-14(21)20(12)18-13/h4-5,10-11,15H,3,6-9H2,1-2H3,(H,17,21). The highest BCUT2D eigenvalue weighted by atomic mass is 16.2. The lowest BCUT2D eigenvalue weighted by molar-refractivity contribution is 0.314. The minimum absolute atomic E-state index is 0.289. The molecular formula is C14H22N6O. The van der Waals surface area contributed by atoms with E-state index in [9.17, 15) is 4.79 Å². The number of anilines is 1. The maximum atomic E-state index is 11.6. The van der Waals surface area contributed by atoms with E-state index in [-0.39, 0.29) is 5.69 Å². The van der Waals surface area contributed by atoms with Crippen LogP contribution in [0.1, 0.15) is 26.7 Å². The van der Waals surface area contributed by atoms with Crippen LogP contribution in [0, 0.1) is 5.92 Å². The Kier molecular flexibility index (Phi) is 3.92. The van der Waals surface area contributed by atoms with E-state index in [0.29, 0.717) is 17.6 Å². The third-order valence-electron chi connectivity index (χ3n) is 4.36. The van der Waals surface area contributed by atoms with Gasteiger partial charge in [0.25, 0.3) is 0 Å². The van der Waals surface area contributed by atoms with Crippen molar-refractivity contribution in [1.82, 2.24) is 25.1 Å². The average molecular weight is 290 g/mol. The van der Waals surface area contributed by atoms with Crippen LogP contribution in [0.15, 0.2) is 16.9 Å². The molecule has 7 nitrogen and oxygen atoms in total. The first kappa shape index (κ1) is 14.1. The second kappa shape index (κ2) is 5.85. The van der Waals surface area contributed by atoms with Crippen molar-refractivity contribution in [3.8, 4) is 0 Å². The summed E-state index contributed by atoms with van der Waals surface area (Å²) in [5.41, 5.74) is 0.266. The van der Waals surface area contributed by atoms with Crippen LogP contribution < -0.4 is 15.9 Å². The van der Waals surface area contributed by atoms with E-state index < -0.39 is 0 Å². The number of H-pyrrole nitrogens is 1. The van der Waals surface area contributed by atoms with E-state index in [0.717, 1.165) is 38.3 Å². The number of fused-ring (bicyclic) bond motifs is 1. The summed E-state index contributed by atoms with van der Waals surface area (Å²) >= 11 is 0. The normalized spacial score (nSPS) is 18.3. The Balaban J connectivity index is 1.70. The van der Waals surface area contributed by atoms with Crippen LogP contribution in [0.2, 0.25) is 0 Å². The molecule has 2 N–H and O–H groups in total. The molecule has 2 aromatic rings. The first-order valence-corrected chi connectivity index (χ1v) is 7.62. The van der Waals surface area contributed by atoms with Crippen LogP contribution in [0.5, 0.6) is 0 Å². The van der Waals surface area contributed by atoms with Gasteiger partial charge in [-0.1, -0.05) is 6.92 Å². The summed E-state index contributed by atoms with van der Waals surface area (Å²) in [5.74, 6) is 1.56. The molecule has 1 aliphatic heterocycles. The first-order valence-electron chi connectivity index (χ1n) is 7.62.